The topological polar surface area (TPSA) is 84.9 Å². The van der Waals surface area contributed by atoms with Gasteiger partial charge in [-0.15, -0.1) is 0 Å². The van der Waals surface area contributed by atoms with Gasteiger partial charge < -0.3 is 19.7 Å². The number of carbonyl (C=O) groups is 3. The number of anilines is 1. The third-order valence-electron chi connectivity index (χ3n) is 4.31. The molecule has 2 aromatic carbocycles. The molecule has 0 bridgehead atoms. The summed E-state index contributed by atoms with van der Waals surface area (Å²) < 4.78 is 10.5. The molecule has 1 N–H and O–H groups in total. The molecule has 160 valence electrons. The summed E-state index contributed by atoms with van der Waals surface area (Å²) in [5.74, 6) is 0.358. The number of ether oxygens (including phenoxy) is 2. The van der Waals surface area contributed by atoms with Gasteiger partial charge in [-0.25, -0.2) is 4.79 Å². The Labute approximate surface area is 177 Å². The second-order valence-electron chi connectivity index (χ2n) is 7.86. The highest BCUT2D eigenvalue weighted by Crippen LogP contribution is 2.20. The lowest BCUT2D eigenvalue weighted by atomic mass is 10.0. The number of hydrogen-bond acceptors (Lipinski definition) is 5. The van der Waals surface area contributed by atoms with Crippen LogP contribution in [0, 0.1) is 0 Å². The van der Waals surface area contributed by atoms with Crippen molar-refractivity contribution in [3.63, 3.8) is 0 Å². The second-order valence-corrected chi connectivity index (χ2v) is 7.86. The molecule has 2 amide bonds. The number of methoxy groups -OCH3 is 1. The normalized spacial score (nSPS) is 11.9. The van der Waals surface area contributed by atoms with Crippen molar-refractivity contribution in [3.05, 3.63) is 59.7 Å². The van der Waals surface area contributed by atoms with Crippen LogP contribution in [-0.4, -0.2) is 44.1 Å². The van der Waals surface area contributed by atoms with Gasteiger partial charge in [0.15, 0.2) is 0 Å². The number of rotatable bonds is 7. The van der Waals surface area contributed by atoms with E-state index in [1.807, 2.05) is 0 Å². The lowest BCUT2D eigenvalue weighted by Crippen LogP contribution is -2.50. The van der Waals surface area contributed by atoms with Crippen molar-refractivity contribution in [1.29, 1.82) is 0 Å². The quantitative estimate of drug-likeness (QED) is 0.703. The highest BCUT2D eigenvalue weighted by Gasteiger charge is 2.27. The van der Waals surface area contributed by atoms with E-state index in [1.165, 1.54) is 4.90 Å². The number of aldehydes is 1. The van der Waals surface area contributed by atoms with Gasteiger partial charge in [0.1, 0.15) is 23.7 Å². The largest absolute Gasteiger partial charge is 0.497 e. The Hall–Kier alpha value is -3.35. The minimum Gasteiger partial charge on any atom is -0.497 e. The molecule has 0 aliphatic heterocycles. The zero-order valence-electron chi connectivity index (χ0n) is 18.0. The molecule has 0 aliphatic rings. The van der Waals surface area contributed by atoms with Gasteiger partial charge >= 0.3 is 6.09 Å². The van der Waals surface area contributed by atoms with Gasteiger partial charge in [0.05, 0.1) is 7.11 Å². The summed E-state index contributed by atoms with van der Waals surface area (Å²) >= 11 is 0. The van der Waals surface area contributed by atoms with Crippen LogP contribution in [0.3, 0.4) is 0 Å². The van der Waals surface area contributed by atoms with E-state index in [-0.39, 0.29) is 12.3 Å². The molecule has 0 saturated heterocycles. The van der Waals surface area contributed by atoms with E-state index in [0.717, 1.165) is 11.8 Å². The van der Waals surface area contributed by atoms with Gasteiger partial charge in [-0.05, 0) is 56.7 Å². The molecule has 0 radical (unpaired) electrons. The van der Waals surface area contributed by atoms with Crippen LogP contribution in [0.1, 0.15) is 36.7 Å². The van der Waals surface area contributed by atoms with Crippen LogP contribution in [0.4, 0.5) is 10.5 Å². The highest BCUT2D eigenvalue weighted by atomic mass is 16.6. The summed E-state index contributed by atoms with van der Waals surface area (Å²) in [6, 6.07) is 13.1. The molecule has 1 unspecified atom stereocenters. The van der Waals surface area contributed by atoms with Crippen molar-refractivity contribution in [2.75, 3.05) is 19.1 Å². The Morgan fingerprint density at radius 2 is 1.80 bits per heavy atom. The fourth-order valence-electron chi connectivity index (χ4n) is 2.85. The van der Waals surface area contributed by atoms with E-state index < -0.39 is 17.7 Å². The molecule has 0 spiro atoms. The van der Waals surface area contributed by atoms with Crippen molar-refractivity contribution in [2.24, 2.45) is 0 Å². The van der Waals surface area contributed by atoms with Crippen molar-refractivity contribution in [3.8, 4) is 5.75 Å². The Morgan fingerprint density at radius 3 is 2.37 bits per heavy atom. The maximum Gasteiger partial charge on any atom is 0.408 e. The molecule has 30 heavy (non-hydrogen) atoms. The first-order valence-corrected chi connectivity index (χ1v) is 9.58. The van der Waals surface area contributed by atoms with Crippen molar-refractivity contribution in [1.82, 2.24) is 5.32 Å². The molecule has 0 saturated carbocycles. The molecular formula is C23H28N2O5. The van der Waals surface area contributed by atoms with Gasteiger partial charge in [-0.1, -0.05) is 18.2 Å². The monoisotopic (exact) mass is 412 g/mol. The van der Waals surface area contributed by atoms with Gasteiger partial charge in [-0.2, -0.15) is 0 Å². The Morgan fingerprint density at radius 1 is 1.13 bits per heavy atom. The smallest absolute Gasteiger partial charge is 0.408 e. The summed E-state index contributed by atoms with van der Waals surface area (Å²) in [6.07, 6.45) is 0.265. The van der Waals surface area contributed by atoms with E-state index in [1.54, 1.807) is 83.5 Å². The average molecular weight is 412 g/mol. The van der Waals surface area contributed by atoms with E-state index in [2.05, 4.69) is 5.32 Å². The number of benzene rings is 2. The fraction of sp³-hybridized carbons (Fsp3) is 0.348. The number of nitrogens with zero attached hydrogens (tertiary/aromatic N) is 1. The van der Waals surface area contributed by atoms with Gasteiger partial charge in [0, 0.05) is 24.7 Å². The Balaban J connectivity index is 2.26. The van der Waals surface area contributed by atoms with Crippen LogP contribution in [0.25, 0.3) is 0 Å². The maximum absolute atomic E-state index is 13.2. The van der Waals surface area contributed by atoms with Gasteiger partial charge in [0.25, 0.3) is 0 Å². The van der Waals surface area contributed by atoms with E-state index in [4.69, 9.17) is 9.47 Å². The molecule has 7 nitrogen and oxygen atoms in total. The summed E-state index contributed by atoms with van der Waals surface area (Å²) in [7, 11) is 3.20. The molecule has 2 rings (SSSR count). The molecule has 0 aromatic heterocycles. The second kappa shape index (κ2) is 9.91. The third-order valence-corrected chi connectivity index (χ3v) is 4.31. The number of carbonyl (C=O) groups excluding carboxylic acids is 3. The number of likely N-dealkylation sites (N-methyl/N-ethyl adjacent to an activating group) is 1. The average Bonchev–Trinajstić information content (AvgIpc) is 2.71. The molecule has 2 aromatic rings. The van der Waals surface area contributed by atoms with Crippen LogP contribution in [0.5, 0.6) is 5.75 Å². The molecule has 0 heterocycles. The number of hydrogen-bond donors (Lipinski definition) is 1. The molecular weight excluding hydrogens is 384 g/mol. The Bertz CT molecular complexity index is 887. The summed E-state index contributed by atoms with van der Waals surface area (Å²) in [6.45, 7) is 5.25. The van der Waals surface area contributed by atoms with Crippen molar-refractivity contribution >= 4 is 24.0 Å². The molecule has 1 atom stereocenters. The van der Waals surface area contributed by atoms with Crippen LogP contribution in [0.2, 0.25) is 0 Å². The molecule has 0 fully saturated rings. The summed E-state index contributed by atoms with van der Waals surface area (Å²) in [5.41, 5.74) is 1.20. The highest BCUT2D eigenvalue weighted by molar-refractivity contribution is 5.98. The van der Waals surface area contributed by atoms with E-state index in [9.17, 15) is 14.4 Å². The van der Waals surface area contributed by atoms with Crippen LogP contribution < -0.4 is 15.0 Å². The first-order chi connectivity index (χ1) is 14.1. The zero-order valence-corrected chi connectivity index (χ0v) is 18.0. The number of alkyl carbamates (subject to hydrolysis) is 1. The van der Waals surface area contributed by atoms with Crippen LogP contribution >= 0.6 is 0 Å². The van der Waals surface area contributed by atoms with Gasteiger partial charge in [0.2, 0.25) is 5.91 Å². The standard InChI is InChI=1S/C23H28N2O5/c1-23(2,3)30-22(28)24-20(14-16-7-6-8-17(13-16)15-26)21(27)25(4)18-9-11-19(29-5)12-10-18/h6-13,15,20H,14H2,1-5H3,(H,24,28). The van der Waals surface area contributed by atoms with Crippen molar-refractivity contribution in [2.45, 2.75) is 38.8 Å². The minimum atomic E-state index is -0.881. The molecule has 7 heteroatoms. The van der Waals surface area contributed by atoms with Crippen LogP contribution in [0.15, 0.2) is 48.5 Å². The first kappa shape index (κ1) is 22.9. The lowest BCUT2D eigenvalue weighted by Gasteiger charge is -2.27. The lowest BCUT2D eigenvalue weighted by molar-refractivity contribution is -0.120. The summed E-state index contributed by atoms with van der Waals surface area (Å²) in [5, 5.41) is 2.67. The zero-order chi connectivity index (χ0) is 22.3. The predicted octanol–water partition coefficient (Wildman–Crippen LogP) is 3.61. The minimum absolute atomic E-state index is 0.209. The third kappa shape index (κ3) is 6.62. The fourth-order valence-corrected chi connectivity index (χ4v) is 2.85. The van der Waals surface area contributed by atoms with E-state index >= 15 is 0 Å². The maximum atomic E-state index is 13.2. The van der Waals surface area contributed by atoms with Crippen molar-refractivity contribution < 1.29 is 23.9 Å². The predicted molar refractivity (Wildman–Crippen MR) is 115 cm³/mol. The van der Waals surface area contributed by atoms with Gasteiger partial charge in [-0.3, -0.25) is 9.59 Å². The SMILES string of the molecule is COc1ccc(N(C)C(=O)C(Cc2cccc(C=O)c2)NC(=O)OC(C)(C)C)cc1. The van der Waals surface area contributed by atoms with Crippen LogP contribution in [-0.2, 0) is 16.0 Å². The van der Waals surface area contributed by atoms with E-state index in [0.29, 0.717) is 17.0 Å². The number of nitrogens with one attached hydrogen (secondary N) is 1. The number of amides is 2. The summed E-state index contributed by atoms with van der Waals surface area (Å²) in [4.78, 5) is 38.1. The molecule has 0 aliphatic carbocycles. The first-order valence-electron chi connectivity index (χ1n) is 9.58. The Kier molecular flexibility index (Phi) is 7.58.